The lowest BCUT2D eigenvalue weighted by atomic mass is 10.2. The molecule has 0 saturated heterocycles. The summed E-state index contributed by atoms with van der Waals surface area (Å²) in [5, 5.41) is 0. The van der Waals surface area contributed by atoms with E-state index in [0.29, 0.717) is 6.42 Å². The lowest BCUT2D eigenvalue weighted by Gasteiger charge is -1.95. The van der Waals surface area contributed by atoms with E-state index in [1.807, 2.05) is 18.2 Å². The van der Waals surface area contributed by atoms with E-state index < -0.39 is 0 Å². The van der Waals surface area contributed by atoms with Gasteiger partial charge in [0.1, 0.15) is 5.75 Å². The molecule has 56 valence electrons. The van der Waals surface area contributed by atoms with Gasteiger partial charge in [0, 0.05) is 9.13 Å². The minimum atomic E-state index is -0.151. The molecule has 0 fully saturated rings. The van der Waals surface area contributed by atoms with Crippen molar-refractivity contribution in [2.45, 2.75) is 6.42 Å². The molecule has 0 atom stereocenters. The lowest BCUT2D eigenvalue weighted by Crippen LogP contribution is -2.00. The van der Waals surface area contributed by atoms with Crippen LogP contribution in [-0.4, -0.2) is 5.97 Å². The van der Waals surface area contributed by atoms with Gasteiger partial charge in [-0.1, -0.05) is 6.07 Å². The third-order valence-electron chi connectivity index (χ3n) is 1.59. The van der Waals surface area contributed by atoms with Gasteiger partial charge in [0.05, 0.1) is 6.42 Å². The molecule has 3 heteroatoms. The average molecular weight is 260 g/mol. The minimum absolute atomic E-state index is 0.151. The number of hydrogen-bond donors (Lipinski definition) is 0. The maximum atomic E-state index is 10.8. The second-order valence-electron chi connectivity index (χ2n) is 2.40. The van der Waals surface area contributed by atoms with Crippen molar-refractivity contribution in [1.82, 2.24) is 0 Å². The number of fused-ring (bicyclic) bond motifs is 1. The Labute approximate surface area is 77.7 Å². The third-order valence-corrected chi connectivity index (χ3v) is 2.26. The Balaban J connectivity index is 2.51. The molecule has 0 aromatic heterocycles. The highest BCUT2D eigenvalue weighted by Crippen LogP contribution is 2.27. The summed E-state index contributed by atoms with van der Waals surface area (Å²) in [4.78, 5) is 10.8. The Morgan fingerprint density at radius 1 is 1.45 bits per heavy atom. The average Bonchev–Trinajstić information content (AvgIpc) is 2.27. The van der Waals surface area contributed by atoms with Crippen LogP contribution in [0.2, 0.25) is 0 Å². The molecule has 0 bridgehead atoms. The molecule has 0 radical (unpaired) electrons. The van der Waals surface area contributed by atoms with Crippen LogP contribution in [0, 0.1) is 3.57 Å². The minimum Gasteiger partial charge on any atom is -0.426 e. The van der Waals surface area contributed by atoms with Crippen LogP contribution in [0.15, 0.2) is 18.2 Å². The summed E-state index contributed by atoms with van der Waals surface area (Å²) >= 11 is 2.19. The lowest BCUT2D eigenvalue weighted by molar-refractivity contribution is -0.131. The highest BCUT2D eigenvalue weighted by molar-refractivity contribution is 14.1. The van der Waals surface area contributed by atoms with Crippen LogP contribution >= 0.6 is 22.6 Å². The van der Waals surface area contributed by atoms with Gasteiger partial charge >= 0.3 is 5.97 Å². The van der Waals surface area contributed by atoms with Crippen molar-refractivity contribution in [3.8, 4) is 5.75 Å². The van der Waals surface area contributed by atoms with E-state index in [2.05, 4.69) is 22.6 Å². The quantitative estimate of drug-likeness (QED) is 0.403. The molecule has 1 heterocycles. The van der Waals surface area contributed by atoms with Gasteiger partial charge in [-0.2, -0.15) is 0 Å². The molecule has 1 aliphatic rings. The van der Waals surface area contributed by atoms with Crippen LogP contribution in [0.3, 0.4) is 0 Å². The number of esters is 1. The van der Waals surface area contributed by atoms with Gasteiger partial charge in [0.15, 0.2) is 0 Å². The van der Waals surface area contributed by atoms with Crippen molar-refractivity contribution < 1.29 is 9.53 Å². The zero-order chi connectivity index (χ0) is 7.84. The number of benzene rings is 1. The van der Waals surface area contributed by atoms with E-state index >= 15 is 0 Å². The van der Waals surface area contributed by atoms with Gasteiger partial charge in [0.25, 0.3) is 0 Å². The molecule has 1 aromatic carbocycles. The molecule has 2 rings (SSSR count). The fraction of sp³-hybridized carbons (Fsp3) is 0.125. The summed E-state index contributed by atoms with van der Waals surface area (Å²) in [6, 6.07) is 5.78. The van der Waals surface area contributed by atoms with E-state index in [1.54, 1.807) is 0 Å². The predicted octanol–water partition coefficient (Wildman–Crippen LogP) is 1.75. The summed E-state index contributed by atoms with van der Waals surface area (Å²) in [6.45, 7) is 0. The highest BCUT2D eigenvalue weighted by atomic mass is 127. The normalized spacial score (nSPS) is 14.5. The third kappa shape index (κ3) is 1.24. The summed E-state index contributed by atoms with van der Waals surface area (Å²) < 4.78 is 6.04. The second kappa shape index (κ2) is 2.48. The van der Waals surface area contributed by atoms with Crippen molar-refractivity contribution in [3.05, 3.63) is 27.3 Å². The number of carbonyl (C=O) groups excluding carboxylic acids is 1. The maximum absolute atomic E-state index is 10.8. The van der Waals surface area contributed by atoms with Gasteiger partial charge < -0.3 is 4.74 Å². The van der Waals surface area contributed by atoms with E-state index in [1.165, 1.54) is 0 Å². The fourth-order valence-electron chi connectivity index (χ4n) is 1.08. The van der Waals surface area contributed by atoms with Crippen LogP contribution in [0.4, 0.5) is 0 Å². The summed E-state index contributed by atoms with van der Waals surface area (Å²) in [5.74, 6) is 0.573. The zero-order valence-electron chi connectivity index (χ0n) is 5.63. The van der Waals surface area contributed by atoms with E-state index in [-0.39, 0.29) is 5.97 Å². The molecule has 0 spiro atoms. The number of halogens is 1. The number of carbonyl (C=O) groups is 1. The molecule has 0 amide bonds. The smallest absolute Gasteiger partial charge is 0.315 e. The molecular formula is C8H5IO2. The van der Waals surface area contributed by atoms with Gasteiger partial charge in [-0.25, -0.2) is 0 Å². The Hall–Kier alpha value is -0.580. The van der Waals surface area contributed by atoms with E-state index in [9.17, 15) is 4.79 Å². The van der Waals surface area contributed by atoms with Crippen molar-refractivity contribution >= 4 is 28.6 Å². The molecule has 11 heavy (non-hydrogen) atoms. The Morgan fingerprint density at radius 3 is 3.09 bits per heavy atom. The summed E-state index contributed by atoms with van der Waals surface area (Å²) in [6.07, 6.45) is 0.423. The van der Waals surface area contributed by atoms with Crippen molar-refractivity contribution in [2.75, 3.05) is 0 Å². The first kappa shape index (κ1) is 7.09. The van der Waals surface area contributed by atoms with E-state index in [4.69, 9.17) is 4.74 Å². The molecule has 1 aromatic rings. The first-order valence-corrected chi connectivity index (χ1v) is 4.33. The van der Waals surface area contributed by atoms with Gasteiger partial charge in [-0.15, -0.1) is 0 Å². The fourth-order valence-corrected chi connectivity index (χ4v) is 1.55. The molecule has 0 N–H and O–H groups in total. The first-order valence-electron chi connectivity index (χ1n) is 3.25. The Kier molecular flexibility index (Phi) is 1.60. The van der Waals surface area contributed by atoms with Crippen LogP contribution in [0.25, 0.3) is 0 Å². The van der Waals surface area contributed by atoms with Gasteiger partial charge in [0.2, 0.25) is 0 Å². The summed E-state index contributed by atoms with van der Waals surface area (Å²) in [7, 11) is 0. The molecule has 0 unspecified atom stereocenters. The van der Waals surface area contributed by atoms with Crippen LogP contribution < -0.4 is 4.74 Å². The Bertz CT molecular complexity index is 320. The zero-order valence-corrected chi connectivity index (χ0v) is 7.79. The number of rotatable bonds is 0. The second-order valence-corrected chi connectivity index (χ2v) is 3.65. The van der Waals surface area contributed by atoms with Crippen molar-refractivity contribution in [2.24, 2.45) is 0 Å². The SMILES string of the molecule is O=C1Cc2ccc(I)cc2O1. The monoisotopic (exact) mass is 260 g/mol. The number of hydrogen-bond acceptors (Lipinski definition) is 2. The van der Waals surface area contributed by atoms with Crippen LogP contribution in [0.1, 0.15) is 5.56 Å². The standard InChI is InChI=1S/C8H5IO2/c9-6-2-1-5-3-8(10)11-7(5)4-6/h1-2,4H,3H2. The van der Waals surface area contributed by atoms with Crippen molar-refractivity contribution in [1.29, 1.82) is 0 Å². The first-order chi connectivity index (χ1) is 5.25. The maximum Gasteiger partial charge on any atom is 0.315 e. The van der Waals surface area contributed by atoms with Crippen LogP contribution in [-0.2, 0) is 11.2 Å². The Morgan fingerprint density at radius 2 is 2.27 bits per heavy atom. The predicted molar refractivity (Wildman–Crippen MR) is 48.5 cm³/mol. The molecule has 1 aliphatic heterocycles. The van der Waals surface area contributed by atoms with Gasteiger partial charge in [-0.3, -0.25) is 4.79 Å². The molecule has 0 aliphatic carbocycles. The topological polar surface area (TPSA) is 26.3 Å². The molecule has 2 nitrogen and oxygen atoms in total. The van der Waals surface area contributed by atoms with E-state index in [0.717, 1.165) is 14.9 Å². The molecular weight excluding hydrogens is 255 g/mol. The van der Waals surface area contributed by atoms with Gasteiger partial charge in [-0.05, 0) is 34.7 Å². The number of ether oxygens (including phenoxy) is 1. The molecule has 0 saturated carbocycles. The largest absolute Gasteiger partial charge is 0.426 e. The van der Waals surface area contributed by atoms with Crippen molar-refractivity contribution in [3.63, 3.8) is 0 Å². The summed E-state index contributed by atoms with van der Waals surface area (Å²) in [5.41, 5.74) is 0.996. The van der Waals surface area contributed by atoms with Crippen LogP contribution in [0.5, 0.6) is 5.75 Å². The highest BCUT2D eigenvalue weighted by Gasteiger charge is 2.19.